The van der Waals surface area contributed by atoms with Crippen LogP contribution in [-0.2, 0) is 13.0 Å². The average molecular weight is 394 g/mol. The normalized spacial score (nSPS) is 10.6. The maximum Gasteiger partial charge on any atom is 0.295 e. The van der Waals surface area contributed by atoms with Gasteiger partial charge in [0.25, 0.3) is 11.5 Å². The van der Waals surface area contributed by atoms with Gasteiger partial charge in [0.2, 0.25) is 0 Å². The zero-order valence-corrected chi connectivity index (χ0v) is 16.2. The predicted molar refractivity (Wildman–Crippen MR) is 110 cm³/mol. The third-order valence-corrected chi connectivity index (χ3v) is 4.51. The molecular formula is C23H23FN2O3. The van der Waals surface area contributed by atoms with Crippen LogP contribution in [0.4, 0.5) is 10.1 Å². The van der Waals surface area contributed by atoms with Crippen LogP contribution in [-0.4, -0.2) is 10.6 Å². The molecule has 1 aromatic heterocycles. The number of rotatable bonds is 8. The van der Waals surface area contributed by atoms with Gasteiger partial charge in [-0.2, -0.15) is 4.73 Å². The molecule has 3 rings (SSSR count). The van der Waals surface area contributed by atoms with Crippen molar-refractivity contribution in [1.82, 2.24) is 4.73 Å². The maximum atomic E-state index is 13.7. The van der Waals surface area contributed by atoms with Gasteiger partial charge in [-0.05, 0) is 48.7 Å². The molecule has 2 aromatic carbocycles. The van der Waals surface area contributed by atoms with Crippen LogP contribution in [0.25, 0.3) is 0 Å². The van der Waals surface area contributed by atoms with E-state index in [0.29, 0.717) is 11.3 Å². The van der Waals surface area contributed by atoms with Crippen LogP contribution in [0.1, 0.15) is 41.3 Å². The van der Waals surface area contributed by atoms with Crippen LogP contribution >= 0.6 is 0 Å². The average Bonchev–Trinajstić information content (AvgIpc) is 2.73. The molecule has 0 aliphatic rings. The second-order valence-corrected chi connectivity index (χ2v) is 6.67. The Morgan fingerprint density at radius 2 is 1.83 bits per heavy atom. The summed E-state index contributed by atoms with van der Waals surface area (Å²) in [7, 11) is 0. The number of hydrogen-bond acceptors (Lipinski definition) is 3. The van der Waals surface area contributed by atoms with Gasteiger partial charge in [-0.15, -0.1) is 0 Å². The zero-order valence-electron chi connectivity index (χ0n) is 16.2. The minimum atomic E-state index is -0.610. The van der Waals surface area contributed by atoms with Crippen molar-refractivity contribution in [2.45, 2.75) is 32.8 Å². The quantitative estimate of drug-likeness (QED) is 0.623. The largest absolute Gasteiger partial charge is 0.406 e. The molecule has 0 aliphatic heterocycles. The first kappa shape index (κ1) is 20.3. The lowest BCUT2D eigenvalue weighted by Gasteiger charge is -2.11. The number of halogens is 1. The van der Waals surface area contributed by atoms with E-state index in [1.165, 1.54) is 30.0 Å². The topological polar surface area (TPSA) is 60.3 Å². The van der Waals surface area contributed by atoms with Gasteiger partial charge in [-0.1, -0.05) is 43.7 Å². The Labute approximate surface area is 168 Å². The van der Waals surface area contributed by atoms with Gasteiger partial charge < -0.3 is 10.2 Å². The second kappa shape index (κ2) is 9.68. The highest BCUT2D eigenvalue weighted by atomic mass is 19.1. The van der Waals surface area contributed by atoms with Crippen LogP contribution < -0.4 is 15.7 Å². The number of benzene rings is 2. The molecule has 0 spiro atoms. The summed E-state index contributed by atoms with van der Waals surface area (Å²) in [5.74, 6) is -0.947. The lowest BCUT2D eigenvalue weighted by atomic mass is 10.1. The Morgan fingerprint density at radius 1 is 1.07 bits per heavy atom. The number of unbranched alkanes of at least 4 members (excludes halogenated alkanes) is 1. The van der Waals surface area contributed by atoms with Crippen LogP contribution in [0, 0.1) is 5.82 Å². The van der Waals surface area contributed by atoms with Gasteiger partial charge >= 0.3 is 0 Å². The third-order valence-electron chi connectivity index (χ3n) is 4.51. The number of aryl methyl sites for hydroxylation is 1. The maximum absolute atomic E-state index is 13.7. The molecule has 150 valence electrons. The van der Waals surface area contributed by atoms with Gasteiger partial charge in [0.05, 0.1) is 0 Å². The minimum Gasteiger partial charge on any atom is -0.406 e. The van der Waals surface area contributed by atoms with E-state index < -0.39 is 17.3 Å². The van der Waals surface area contributed by atoms with E-state index in [2.05, 4.69) is 12.2 Å². The molecule has 1 heterocycles. The van der Waals surface area contributed by atoms with E-state index in [0.717, 1.165) is 24.0 Å². The van der Waals surface area contributed by atoms with Gasteiger partial charge in [0.15, 0.2) is 0 Å². The highest BCUT2D eigenvalue weighted by Crippen LogP contribution is 2.13. The first-order chi connectivity index (χ1) is 14.1. The molecule has 1 amide bonds. The lowest BCUT2D eigenvalue weighted by molar-refractivity contribution is 0.0847. The van der Waals surface area contributed by atoms with Crippen LogP contribution in [0.15, 0.2) is 71.7 Å². The molecule has 0 fully saturated rings. The van der Waals surface area contributed by atoms with E-state index in [1.54, 1.807) is 18.2 Å². The number of hydrogen-bond donors (Lipinski definition) is 1. The summed E-state index contributed by atoms with van der Waals surface area (Å²) in [5.41, 5.74) is 1.46. The molecule has 0 saturated carbocycles. The summed E-state index contributed by atoms with van der Waals surface area (Å²) >= 11 is 0. The summed E-state index contributed by atoms with van der Waals surface area (Å²) in [6, 6.07) is 16.7. The van der Waals surface area contributed by atoms with Crippen molar-refractivity contribution in [2.24, 2.45) is 0 Å². The van der Waals surface area contributed by atoms with Gasteiger partial charge in [0.1, 0.15) is 18.0 Å². The fourth-order valence-corrected chi connectivity index (χ4v) is 2.84. The summed E-state index contributed by atoms with van der Waals surface area (Å²) in [6.07, 6.45) is 4.62. The van der Waals surface area contributed by atoms with E-state index in [4.69, 9.17) is 4.84 Å². The molecule has 0 saturated heterocycles. The number of nitrogens with one attached hydrogen (secondary N) is 1. The highest BCUT2D eigenvalue weighted by molar-refractivity contribution is 6.03. The van der Waals surface area contributed by atoms with Gasteiger partial charge in [0, 0.05) is 17.4 Å². The van der Waals surface area contributed by atoms with Crippen LogP contribution in [0.3, 0.4) is 0 Å². The molecule has 0 aliphatic carbocycles. The van der Waals surface area contributed by atoms with Crippen molar-refractivity contribution in [2.75, 3.05) is 5.32 Å². The highest BCUT2D eigenvalue weighted by Gasteiger charge is 2.13. The number of carbonyl (C=O) groups excluding carboxylic acids is 1. The van der Waals surface area contributed by atoms with Crippen LogP contribution in [0.5, 0.6) is 0 Å². The Morgan fingerprint density at radius 3 is 2.55 bits per heavy atom. The smallest absolute Gasteiger partial charge is 0.295 e. The summed E-state index contributed by atoms with van der Waals surface area (Å²) in [4.78, 5) is 30.5. The summed E-state index contributed by atoms with van der Waals surface area (Å²) in [6.45, 7) is 2.01. The van der Waals surface area contributed by atoms with E-state index in [9.17, 15) is 14.0 Å². The number of amides is 1. The molecule has 0 unspecified atom stereocenters. The summed E-state index contributed by atoms with van der Waals surface area (Å²) in [5, 5.41) is 2.72. The molecule has 6 heteroatoms. The van der Waals surface area contributed by atoms with E-state index in [-0.39, 0.29) is 12.2 Å². The molecule has 0 atom stereocenters. The minimum absolute atomic E-state index is 0.0592. The number of carbonyl (C=O) groups is 1. The molecule has 5 nitrogen and oxygen atoms in total. The predicted octanol–water partition coefficient (Wildman–Crippen LogP) is 4.21. The van der Waals surface area contributed by atoms with E-state index in [1.807, 2.05) is 24.3 Å². The van der Waals surface area contributed by atoms with Crippen molar-refractivity contribution in [3.63, 3.8) is 0 Å². The fourth-order valence-electron chi connectivity index (χ4n) is 2.84. The molecule has 1 N–H and O–H groups in total. The fraction of sp³-hybridized carbons (Fsp3) is 0.217. The first-order valence-corrected chi connectivity index (χ1v) is 9.57. The monoisotopic (exact) mass is 394 g/mol. The Balaban J connectivity index is 1.69. The Kier molecular flexibility index (Phi) is 6.79. The van der Waals surface area contributed by atoms with Crippen molar-refractivity contribution in [3.8, 4) is 0 Å². The number of nitrogens with zero attached hydrogens (tertiary/aromatic N) is 1. The van der Waals surface area contributed by atoms with Crippen molar-refractivity contribution in [1.29, 1.82) is 0 Å². The Bertz CT molecular complexity index is 1030. The van der Waals surface area contributed by atoms with Gasteiger partial charge in [-0.25, -0.2) is 4.39 Å². The zero-order chi connectivity index (χ0) is 20.6. The molecule has 3 aromatic rings. The summed E-state index contributed by atoms with van der Waals surface area (Å²) < 4.78 is 14.6. The van der Waals surface area contributed by atoms with Gasteiger partial charge in [-0.3, -0.25) is 9.59 Å². The molecule has 0 bridgehead atoms. The first-order valence-electron chi connectivity index (χ1n) is 9.57. The second-order valence-electron chi connectivity index (χ2n) is 6.67. The third kappa shape index (κ3) is 5.31. The van der Waals surface area contributed by atoms with E-state index >= 15 is 0 Å². The Hall–Kier alpha value is -3.41. The molecular weight excluding hydrogens is 371 g/mol. The number of aromatic nitrogens is 1. The SMILES string of the molecule is CCCCc1ccc(NC(=O)c2cccn(OCc3ccccc3F)c2=O)cc1. The number of anilines is 1. The molecule has 0 radical (unpaired) electrons. The van der Waals surface area contributed by atoms with Crippen LogP contribution in [0.2, 0.25) is 0 Å². The standard InChI is InChI=1S/C23H23FN2O3/c1-2-3-7-17-11-13-19(14-12-17)25-22(27)20-9-6-15-26(23(20)28)29-16-18-8-4-5-10-21(18)24/h4-6,8-15H,2-3,7,16H2,1H3,(H,25,27). The van der Waals surface area contributed by atoms with Crippen molar-refractivity contribution < 1.29 is 14.0 Å². The van der Waals surface area contributed by atoms with Crippen molar-refractivity contribution >= 4 is 11.6 Å². The van der Waals surface area contributed by atoms with Crippen molar-refractivity contribution in [3.05, 3.63) is 99.7 Å². The number of pyridine rings is 1. The lowest BCUT2D eigenvalue weighted by Crippen LogP contribution is -2.32. The molecule has 29 heavy (non-hydrogen) atoms.